The summed E-state index contributed by atoms with van der Waals surface area (Å²) in [5.41, 5.74) is 0.186. The van der Waals surface area contributed by atoms with E-state index in [9.17, 15) is 9.59 Å². The first-order valence-electron chi connectivity index (χ1n) is 6.78. The summed E-state index contributed by atoms with van der Waals surface area (Å²) in [6.45, 7) is 9.12. The second-order valence-corrected chi connectivity index (χ2v) is 7.02. The number of hydrogen-bond acceptors (Lipinski definition) is 3. The van der Waals surface area contributed by atoms with Crippen molar-refractivity contribution in [2.75, 3.05) is 0 Å². The molecule has 0 atom stereocenters. The number of aromatic nitrogens is 2. The molecule has 5 nitrogen and oxygen atoms in total. The minimum atomic E-state index is -0.663. The number of hydrogen-bond donors (Lipinski definition) is 0. The lowest BCUT2D eigenvalue weighted by molar-refractivity contribution is 0.0536. The van der Waals surface area contributed by atoms with Crippen molar-refractivity contribution in [3.63, 3.8) is 0 Å². The van der Waals surface area contributed by atoms with E-state index in [0.29, 0.717) is 15.5 Å². The SMILES string of the molecule is CC(C)n1c(=O)n(C(=O)OC(C)(C)C)c2c(Br)cccc21. The van der Waals surface area contributed by atoms with Gasteiger partial charge in [0.25, 0.3) is 0 Å². The van der Waals surface area contributed by atoms with E-state index >= 15 is 0 Å². The van der Waals surface area contributed by atoms with Gasteiger partial charge in [-0.1, -0.05) is 6.07 Å². The van der Waals surface area contributed by atoms with Crippen molar-refractivity contribution in [2.24, 2.45) is 0 Å². The van der Waals surface area contributed by atoms with E-state index in [1.54, 1.807) is 31.4 Å². The van der Waals surface area contributed by atoms with Crippen LogP contribution in [0.4, 0.5) is 4.79 Å². The highest BCUT2D eigenvalue weighted by atomic mass is 79.9. The molecular weight excluding hydrogens is 336 g/mol. The Kier molecular flexibility index (Phi) is 4.02. The van der Waals surface area contributed by atoms with Crippen molar-refractivity contribution >= 4 is 33.1 Å². The number of imidazole rings is 1. The van der Waals surface area contributed by atoms with Gasteiger partial charge in [-0.25, -0.2) is 9.59 Å². The van der Waals surface area contributed by atoms with Gasteiger partial charge in [0, 0.05) is 10.5 Å². The molecule has 1 heterocycles. The van der Waals surface area contributed by atoms with Crippen LogP contribution < -0.4 is 5.69 Å². The molecule has 0 aliphatic carbocycles. The maximum Gasteiger partial charge on any atom is 0.423 e. The highest BCUT2D eigenvalue weighted by Gasteiger charge is 2.25. The summed E-state index contributed by atoms with van der Waals surface area (Å²) in [7, 11) is 0. The molecule has 21 heavy (non-hydrogen) atoms. The van der Waals surface area contributed by atoms with E-state index in [-0.39, 0.29) is 11.7 Å². The summed E-state index contributed by atoms with van der Waals surface area (Å²) in [5.74, 6) is 0. The molecule has 1 aromatic carbocycles. The van der Waals surface area contributed by atoms with E-state index < -0.39 is 11.7 Å². The highest BCUT2D eigenvalue weighted by molar-refractivity contribution is 9.10. The number of halogens is 1. The molecule has 114 valence electrons. The van der Waals surface area contributed by atoms with Crippen molar-refractivity contribution in [1.29, 1.82) is 0 Å². The fourth-order valence-corrected chi connectivity index (χ4v) is 2.74. The van der Waals surface area contributed by atoms with Gasteiger partial charge in [0.2, 0.25) is 0 Å². The number of carbonyl (C=O) groups is 1. The quantitative estimate of drug-likeness (QED) is 0.779. The fraction of sp³-hybridized carbons (Fsp3) is 0.467. The highest BCUT2D eigenvalue weighted by Crippen LogP contribution is 2.25. The van der Waals surface area contributed by atoms with Gasteiger partial charge in [-0.2, -0.15) is 4.57 Å². The fourth-order valence-electron chi connectivity index (χ4n) is 2.20. The molecule has 0 unspecified atom stereocenters. The van der Waals surface area contributed by atoms with E-state index in [0.717, 1.165) is 4.57 Å². The second-order valence-electron chi connectivity index (χ2n) is 6.17. The number of fused-ring (bicyclic) bond motifs is 1. The Hall–Kier alpha value is -1.56. The number of carbonyl (C=O) groups excluding carboxylic acids is 1. The lowest BCUT2D eigenvalue weighted by atomic mass is 10.2. The summed E-state index contributed by atoms with van der Waals surface area (Å²) >= 11 is 3.41. The topological polar surface area (TPSA) is 53.2 Å². The Bertz CT molecular complexity index is 751. The minimum absolute atomic E-state index is 0.0574. The summed E-state index contributed by atoms with van der Waals surface area (Å²) < 4.78 is 8.71. The first-order valence-corrected chi connectivity index (χ1v) is 7.57. The van der Waals surface area contributed by atoms with Crippen LogP contribution in [0.2, 0.25) is 0 Å². The Morgan fingerprint density at radius 3 is 2.43 bits per heavy atom. The molecule has 0 aliphatic rings. The summed E-state index contributed by atoms with van der Waals surface area (Å²) in [6, 6.07) is 5.40. The Balaban J connectivity index is 2.77. The van der Waals surface area contributed by atoms with Gasteiger partial charge in [0.15, 0.2) is 0 Å². The molecular formula is C15H19BrN2O3. The molecule has 2 rings (SSSR count). The van der Waals surface area contributed by atoms with Gasteiger partial charge in [0.1, 0.15) is 5.60 Å². The standard InChI is InChI=1S/C15H19BrN2O3/c1-9(2)17-11-8-6-7-10(16)12(11)18(13(17)19)14(20)21-15(3,4)5/h6-9H,1-5H3. The maximum atomic E-state index is 12.6. The first kappa shape index (κ1) is 15.8. The van der Waals surface area contributed by atoms with Crippen molar-refractivity contribution in [3.8, 4) is 0 Å². The van der Waals surface area contributed by atoms with Crippen LogP contribution in [-0.4, -0.2) is 20.8 Å². The molecule has 0 aliphatic heterocycles. The summed E-state index contributed by atoms with van der Waals surface area (Å²) in [6.07, 6.45) is -0.663. The monoisotopic (exact) mass is 354 g/mol. The average molecular weight is 355 g/mol. The van der Waals surface area contributed by atoms with Gasteiger partial charge < -0.3 is 4.74 Å². The molecule has 0 amide bonds. The second kappa shape index (κ2) is 5.33. The van der Waals surface area contributed by atoms with Crippen LogP contribution in [-0.2, 0) is 4.74 Å². The van der Waals surface area contributed by atoms with Crippen LogP contribution in [0.5, 0.6) is 0 Å². The predicted octanol–water partition coefficient (Wildman–Crippen LogP) is 3.93. The van der Waals surface area contributed by atoms with Crippen LogP contribution in [0.3, 0.4) is 0 Å². The molecule has 6 heteroatoms. The zero-order valence-electron chi connectivity index (χ0n) is 12.8. The van der Waals surface area contributed by atoms with E-state index in [1.807, 2.05) is 26.0 Å². The number of benzene rings is 1. The van der Waals surface area contributed by atoms with Gasteiger partial charge in [-0.15, -0.1) is 0 Å². The lowest BCUT2D eigenvalue weighted by Gasteiger charge is -2.19. The smallest absolute Gasteiger partial charge is 0.423 e. The van der Waals surface area contributed by atoms with E-state index in [1.165, 1.54) is 0 Å². The van der Waals surface area contributed by atoms with Crippen molar-refractivity contribution < 1.29 is 9.53 Å². The summed E-state index contributed by atoms with van der Waals surface area (Å²) in [5, 5.41) is 0. The predicted molar refractivity (Wildman–Crippen MR) is 85.9 cm³/mol. The van der Waals surface area contributed by atoms with Gasteiger partial charge in [-0.05, 0) is 62.7 Å². The molecule has 0 saturated heterocycles. The Morgan fingerprint density at radius 2 is 1.90 bits per heavy atom. The van der Waals surface area contributed by atoms with Gasteiger partial charge >= 0.3 is 11.8 Å². The maximum absolute atomic E-state index is 12.6. The summed E-state index contributed by atoms with van der Waals surface area (Å²) in [4.78, 5) is 25.0. The minimum Gasteiger partial charge on any atom is -0.443 e. The lowest BCUT2D eigenvalue weighted by Crippen LogP contribution is -2.34. The molecule has 0 fully saturated rings. The largest absolute Gasteiger partial charge is 0.443 e. The third kappa shape index (κ3) is 2.90. The van der Waals surface area contributed by atoms with Crippen molar-refractivity contribution in [1.82, 2.24) is 9.13 Å². The van der Waals surface area contributed by atoms with Crippen LogP contribution in [0.1, 0.15) is 40.7 Å². The number of nitrogens with zero attached hydrogens (tertiary/aromatic N) is 2. The number of rotatable bonds is 1. The van der Waals surface area contributed by atoms with Crippen LogP contribution in [0, 0.1) is 0 Å². The normalized spacial score (nSPS) is 12.1. The zero-order chi connectivity index (χ0) is 15.9. The van der Waals surface area contributed by atoms with Crippen LogP contribution in [0.15, 0.2) is 27.5 Å². The van der Waals surface area contributed by atoms with Gasteiger partial charge in [-0.3, -0.25) is 4.57 Å². The van der Waals surface area contributed by atoms with Crippen molar-refractivity contribution in [2.45, 2.75) is 46.3 Å². The third-order valence-corrected chi connectivity index (χ3v) is 3.58. The first-order chi connectivity index (χ1) is 9.63. The number of ether oxygens (including phenoxy) is 1. The van der Waals surface area contributed by atoms with E-state index in [4.69, 9.17) is 4.74 Å². The molecule has 0 saturated carbocycles. The molecule has 0 spiro atoms. The molecule has 1 aromatic heterocycles. The zero-order valence-corrected chi connectivity index (χ0v) is 14.4. The third-order valence-electron chi connectivity index (χ3n) is 2.94. The Morgan fingerprint density at radius 1 is 1.29 bits per heavy atom. The Labute approximate surface area is 131 Å². The molecule has 0 radical (unpaired) electrons. The van der Waals surface area contributed by atoms with Crippen LogP contribution >= 0.6 is 15.9 Å². The number of para-hydroxylation sites is 1. The average Bonchev–Trinajstić information content (AvgIpc) is 2.60. The van der Waals surface area contributed by atoms with Gasteiger partial charge in [0.05, 0.1) is 11.0 Å². The molecule has 2 aromatic rings. The molecule has 0 N–H and O–H groups in total. The van der Waals surface area contributed by atoms with E-state index in [2.05, 4.69) is 15.9 Å². The van der Waals surface area contributed by atoms with Crippen molar-refractivity contribution in [3.05, 3.63) is 33.2 Å². The molecule has 0 bridgehead atoms. The van der Waals surface area contributed by atoms with Crippen LogP contribution in [0.25, 0.3) is 11.0 Å².